The summed E-state index contributed by atoms with van der Waals surface area (Å²) in [5.41, 5.74) is 3.42. The highest BCUT2D eigenvalue weighted by atomic mass is 16.3. The molecule has 0 aliphatic heterocycles. The number of nitrogens with zero attached hydrogens (tertiary/aromatic N) is 1. The maximum atomic E-state index is 9.49. The molecule has 0 fully saturated rings. The summed E-state index contributed by atoms with van der Waals surface area (Å²) in [4.78, 5) is 0. The number of para-hydroxylation sites is 1. The van der Waals surface area contributed by atoms with Crippen LogP contribution in [0.4, 0.5) is 0 Å². The van der Waals surface area contributed by atoms with Gasteiger partial charge >= 0.3 is 0 Å². The molecule has 2 aromatic carbocycles. The summed E-state index contributed by atoms with van der Waals surface area (Å²) in [6.45, 7) is 2.07. The zero-order valence-electron chi connectivity index (χ0n) is 9.59. The number of phenols is 1. The van der Waals surface area contributed by atoms with Gasteiger partial charge in [0, 0.05) is 16.8 Å². The lowest BCUT2D eigenvalue weighted by Crippen LogP contribution is -1.94. The summed E-state index contributed by atoms with van der Waals surface area (Å²) in [6.07, 6.45) is 0. The molecule has 2 nitrogen and oxygen atoms in total. The molecule has 2 heteroatoms. The molecule has 0 aliphatic carbocycles. The second-order valence-electron chi connectivity index (χ2n) is 4.20. The minimum absolute atomic E-state index is 0.308. The predicted molar refractivity (Wildman–Crippen MR) is 69.7 cm³/mol. The van der Waals surface area contributed by atoms with Crippen molar-refractivity contribution < 1.29 is 5.11 Å². The van der Waals surface area contributed by atoms with E-state index in [-0.39, 0.29) is 0 Å². The van der Waals surface area contributed by atoms with Crippen LogP contribution in [0.25, 0.3) is 16.6 Å². The van der Waals surface area contributed by atoms with Crippen LogP contribution in [0.5, 0.6) is 5.75 Å². The van der Waals surface area contributed by atoms with E-state index >= 15 is 0 Å². The van der Waals surface area contributed by atoms with E-state index in [1.807, 2.05) is 24.3 Å². The highest BCUT2D eigenvalue weighted by Gasteiger charge is 2.07. The van der Waals surface area contributed by atoms with Crippen LogP contribution in [-0.4, -0.2) is 9.67 Å². The Morgan fingerprint density at radius 2 is 1.71 bits per heavy atom. The molecule has 17 heavy (non-hydrogen) atoms. The first-order valence-corrected chi connectivity index (χ1v) is 5.62. The highest BCUT2D eigenvalue weighted by Crippen LogP contribution is 2.26. The van der Waals surface area contributed by atoms with E-state index in [9.17, 15) is 5.11 Å². The van der Waals surface area contributed by atoms with Crippen molar-refractivity contribution in [2.75, 3.05) is 0 Å². The molecule has 0 amide bonds. The Labute approximate surface area is 99.7 Å². The standard InChI is InChI=1S/C15H13NO/c1-11-9-12-10-14(17)7-8-15(12)16(11)13-5-3-2-4-6-13/h2-10,17H,1H3. The molecule has 84 valence electrons. The summed E-state index contributed by atoms with van der Waals surface area (Å²) in [5.74, 6) is 0.308. The number of aryl methyl sites for hydroxylation is 1. The van der Waals surface area contributed by atoms with E-state index in [1.54, 1.807) is 12.1 Å². The smallest absolute Gasteiger partial charge is 0.116 e. The second-order valence-corrected chi connectivity index (χ2v) is 4.20. The highest BCUT2D eigenvalue weighted by molar-refractivity contribution is 5.84. The first kappa shape index (κ1) is 9.97. The summed E-state index contributed by atoms with van der Waals surface area (Å²) in [5, 5.41) is 10.6. The number of hydrogen-bond acceptors (Lipinski definition) is 1. The van der Waals surface area contributed by atoms with Crippen molar-refractivity contribution in [3.63, 3.8) is 0 Å². The maximum Gasteiger partial charge on any atom is 0.116 e. The van der Waals surface area contributed by atoms with Crippen LogP contribution in [0.2, 0.25) is 0 Å². The molecule has 1 heterocycles. The number of benzene rings is 2. The third-order valence-electron chi connectivity index (χ3n) is 2.98. The molecule has 0 saturated heterocycles. The van der Waals surface area contributed by atoms with Gasteiger partial charge in [-0.1, -0.05) is 18.2 Å². The molecule has 1 aromatic heterocycles. The molecule has 0 atom stereocenters. The lowest BCUT2D eigenvalue weighted by atomic mass is 10.2. The summed E-state index contributed by atoms with van der Waals surface area (Å²) in [6, 6.07) is 17.8. The second kappa shape index (κ2) is 3.67. The van der Waals surface area contributed by atoms with Crippen molar-refractivity contribution in [2.45, 2.75) is 6.92 Å². The van der Waals surface area contributed by atoms with Gasteiger partial charge in [0.25, 0.3) is 0 Å². The van der Waals surface area contributed by atoms with Crippen LogP contribution < -0.4 is 0 Å². The fourth-order valence-corrected chi connectivity index (χ4v) is 2.26. The Kier molecular flexibility index (Phi) is 2.15. The van der Waals surface area contributed by atoms with Crippen LogP contribution in [0, 0.1) is 6.92 Å². The fourth-order valence-electron chi connectivity index (χ4n) is 2.26. The number of rotatable bonds is 1. The Morgan fingerprint density at radius 1 is 0.941 bits per heavy atom. The number of hydrogen-bond donors (Lipinski definition) is 1. The first-order valence-electron chi connectivity index (χ1n) is 5.62. The Hall–Kier alpha value is -2.22. The van der Waals surface area contributed by atoms with Crippen molar-refractivity contribution in [2.24, 2.45) is 0 Å². The molecular weight excluding hydrogens is 210 g/mol. The minimum Gasteiger partial charge on any atom is -0.508 e. The van der Waals surface area contributed by atoms with Gasteiger partial charge < -0.3 is 9.67 Å². The predicted octanol–water partition coefficient (Wildman–Crippen LogP) is 3.64. The molecule has 0 radical (unpaired) electrons. The van der Waals surface area contributed by atoms with Crippen LogP contribution in [0.1, 0.15) is 5.69 Å². The van der Waals surface area contributed by atoms with Crippen LogP contribution in [-0.2, 0) is 0 Å². The van der Waals surface area contributed by atoms with Gasteiger partial charge in [0.2, 0.25) is 0 Å². The number of aromatic hydroxyl groups is 1. The fraction of sp³-hybridized carbons (Fsp3) is 0.0667. The first-order chi connectivity index (χ1) is 8.25. The summed E-state index contributed by atoms with van der Waals surface area (Å²) < 4.78 is 2.19. The third kappa shape index (κ3) is 1.58. The van der Waals surface area contributed by atoms with Gasteiger partial charge in [-0.2, -0.15) is 0 Å². The molecule has 3 aromatic rings. The van der Waals surface area contributed by atoms with Crippen molar-refractivity contribution in [3.05, 3.63) is 60.3 Å². The van der Waals surface area contributed by atoms with E-state index in [0.29, 0.717) is 5.75 Å². The van der Waals surface area contributed by atoms with E-state index in [2.05, 4.69) is 29.7 Å². The quantitative estimate of drug-likeness (QED) is 0.669. The number of aromatic nitrogens is 1. The van der Waals surface area contributed by atoms with E-state index in [4.69, 9.17) is 0 Å². The minimum atomic E-state index is 0.308. The van der Waals surface area contributed by atoms with Crippen molar-refractivity contribution >= 4 is 10.9 Å². The van der Waals surface area contributed by atoms with E-state index in [0.717, 1.165) is 22.3 Å². The SMILES string of the molecule is Cc1cc2cc(O)ccc2n1-c1ccccc1. The average Bonchev–Trinajstić information content (AvgIpc) is 2.65. The number of fused-ring (bicyclic) bond motifs is 1. The van der Waals surface area contributed by atoms with Gasteiger partial charge in [0.05, 0.1) is 5.52 Å². The van der Waals surface area contributed by atoms with Crippen LogP contribution in [0.15, 0.2) is 54.6 Å². The van der Waals surface area contributed by atoms with Gasteiger partial charge in [-0.3, -0.25) is 0 Å². The monoisotopic (exact) mass is 223 g/mol. The molecule has 1 N–H and O–H groups in total. The Balaban J connectivity index is 2.33. The molecule has 0 unspecified atom stereocenters. The van der Waals surface area contributed by atoms with Gasteiger partial charge in [-0.25, -0.2) is 0 Å². The van der Waals surface area contributed by atoms with Crippen LogP contribution >= 0.6 is 0 Å². The topological polar surface area (TPSA) is 25.2 Å². The lowest BCUT2D eigenvalue weighted by molar-refractivity contribution is 0.476. The van der Waals surface area contributed by atoms with Gasteiger partial charge in [-0.05, 0) is 43.3 Å². The molecule has 0 saturated carbocycles. The molecular formula is C15H13NO. The van der Waals surface area contributed by atoms with Crippen molar-refractivity contribution in [1.82, 2.24) is 4.57 Å². The van der Waals surface area contributed by atoms with Crippen LogP contribution in [0.3, 0.4) is 0 Å². The summed E-state index contributed by atoms with van der Waals surface area (Å²) in [7, 11) is 0. The van der Waals surface area contributed by atoms with Gasteiger partial charge in [-0.15, -0.1) is 0 Å². The molecule has 0 spiro atoms. The zero-order valence-corrected chi connectivity index (χ0v) is 9.59. The third-order valence-corrected chi connectivity index (χ3v) is 2.98. The van der Waals surface area contributed by atoms with E-state index < -0.39 is 0 Å². The number of phenolic OH excluding ortho intramolecular Hbond substituents is 1. The van der Waals surface area contributed by atoms with Gasteiger partial charge in [0.1, 0.15) is 5.75 Å². The van der Waals surface area contributed by atoms with Crippen molar-refractivity contribution in [1.29, 1.82) is 0 Å². The van der Waals surface area contributed by atoms with Gasteiger partial charge in [0.15, 0.2) is 0 Å². The molecule has 3 rings (SSSR count). The summed E-state index contributed by atoms with van der Waals surface area (Å²) >= 11 is 0. The van der Waals surface area contributed by atoms with E-state index in [1.165, 1.54) is 0 Å². The Morgan fingerprint density at radius 3 is 2.47 bits per heavy atom. The average molecular weight is 223 g/mol. The molecule has 0 aliphatic rings. The Bertz CT molecular complexity index is 668. The maximum absolute atomic E-state index is 9.49. The largest absolute Gasteiger partial charge is 0.508 e. The van der Waals surface area contributed by atoms with Crippen molar-refractivity contribution in [3.8, 4) is 11.4 Å². The zero-order chi connectivity index (χ0) is 11.8. The molecule has 0 bridgehead atoms. The lowest BCUT2D eigenvalue weighted by Gasteiger charge is -2.07. The normalized spacial score (nSPS) is 10.9.